The summed E-state index contributed by atoms with van der Waals surface area (Å²) in [6.07, 6.45) is -9.76. The highest BCUT2D eigenvalue weighted by Gasteiger charge is 2.52. The van der Waals surface area contributed by atoms with E-state index >= 15 is 0 Å². The first-order chi connectivity index (χ1) is 10.4. The number of aliphatic hydroxyl groups excluding tert-OH is 7. The maximum absolute atomic E-state index is 9.89. The number of ether oxygens (including phenoxy) is 3. The van der Waals surface area contributed by atoms with E-state index in [4.69, 9.17) is 24.4 Å². The number of hydrogen-bond donors (Lipinski definition) is 7. The molecule has 0 spiro atoms. The Balaban J connectivity index is 2.10. The van der Waals surface area contributed by atoms with Crippen LogP contribution >= 0.6 is 0 Å². The molecule has 4 unspecified atom stereocenters. The van der Waals surface area contributed by atoms with Gasteiger partial charge >= 0.3 is 0 Å². The molecule has 2 saturated heterocycles. The molecule has 0 radical (unpaired) electrons. The van der Waals surface area contributed by atoms with Crippen molar-refractivity contribution in [2.75, 3.05) is 19.8 Å². The van der Waals surface area contributed by atoms with E-state index in [0.29, 0.717) is 0 Å². The lowest BCUT2D eigenvalue weighted by molar-refractivity contribution is -0.371. The third-order valence-electron chi connectivity index (χ3n) is 3.92. The summed E-state index contributed by atoms with van der Waals surface area (Å²) in [5.74, 6) is -1.74. The van der Waals surface area contributed by atoms with Gasteiger partial charge in [-0.2, -0.15) is 0 Å². The molecule has 22 heavy (non-hydrogen) atoms. The molecule has 10 nitrogen and oxygen atoms in total. The van der Waals surface area contributed by atoms with Crippen molar-refractivity contribution in [1.82, 2.24) is 0 Å². The van der Waals surface area contributed by atoms with Crippen LogP contribution in [0.1, 0.15) is 6.42 Å². The summed E-state index contributed by atoms with van der Waals surface area (Å²) >= 11 is 0. The van der Waals surface area contributed by atoms with Gasteiger partial charge in [0.15, 0.2) is 12.1 Å². The Morgan fingerprint density at radius 3 is 2.05 bits per heavy atom. The highest BCUT2D eigenvalue weighted by molar-refractivity contribution is 4.92. The second kappa shape index (κ2) is 7.01. The summed E-state index contributed by atoms with van der Waals surface area (Å²) in [7, 11) is 0. The summed E-state index contributed by atoms with van der Waals surface area (Å²) < 4.78 is 15.8. The normalized spacial score (nSPS) is 49.5. The molecular formula is C12H22O10. The summed E-state index contributed by atoms with van der Waals surface area (Å²) in [5.41, 5.74) is 0. The lowest BCUT2D eigenvalue weighted by Gasteiger charge is -2.42. The first-order valence-corrected chi connectivity index (χ1v) is 6.93. The van der Waals surface area contributed by atoms with Crippen LogP contribution in [-0.4, -0.2) is 104 Å². The van der Waals surface area contributed by atoms with E-state index in [2.05, 4.69) is 0 Å². The Kier molecular flexibility index (Phi) is 5.72. The number of hydrogen-bond acceptors (Lipinski definition) is 10. The Bertz CT molecular complexity index is 366. The Morgan fingerprint density at radius 1 is 0.909 bits per heavy atom. The van der Waals surface area contributed by atoms with Crippen molar-refractivity contribution < 1.29 is 50.0 Å². The van der Waals surface area contributed by atoms with Crippen molar-refractivity contribution in [1.29, 1.82) is 0 Å². The third kappa shape index (κ3) is 3.26. The van der Waals surface area contributed by atoms with Gasteiger partial charge in [-0.1, -0.05) is 0 Å². The summed E-state index contributed by atoms with van der Waals surface area (Å²) in [4.78, 5) is 0. The minimum absolute atomic E-state index is 0.191. The van der Waals surface area contributed by atoms with Gasteiger partial charge in [0.05, 0.1) is 25.9 Å². The van der Waals surface area contributed by atoms with E-state index in [0.717, 1.165) is 0 Å². The van der Waals surface area contributed by atoms with Crippen molar-refractivity contribution in [3.8, 4) is 0 Å². The molecule has 2 aliphatic heterocycles. The maximum Gasteiger partial charge on any atom is 0.197 e. The summed E-state index contributed by atoms with van der Waals surface area (Å²) in [6.45, 7) is -1.82. The van der Waals surface area contributed by atoms with Gasteiger partial charge in [-0.25, -0.2) is 0 Å². The smallest absolute Gasteiger partial charge is 0.197 e. The van der Waals surface area contributed by atoms with Crippen LogP contribution in [0.4, 0.5) is 0 Å². The molecule has 7 N–H and O–H groups in total. The molecule has 0 aromatic heterocycles. The fourth-order valence-electron chi connectivity index (χ4n) is 2.60. The second-order valence-corrected chi connectivity index (χ2v) is 5.49. The van der Waals surface area contributed by atoms with Gasteiger partial charge in [-0.15, -0.1) is 0 Å². The molecule has 2 aliphatic rings. The average Bonchev–Trinajstić information content (AvgIpc) is 2.84. The lowest BCUT2D eigenvalue weighted by Crippen LogP contribution is -2.61. The molecular weight excluding hydrogens is 304 g/mol. The standard InChI is InChI=1S/C12H22O10/c13-2-6-5(16)1-12(4-15,21-6)22-11-10(19)9(18)8(17)7(3-14)20-11/h5-11,13-19H,1-4H2/t5?,6?,7?,8-,9-,10?,11+,12-/m1/s1. The summed E-state index contributed by atoms with van der Waals surface area (Å²) in [5, 5.41) is 66.6. The molecule has 0 amide bonds. The quantitative estimate of drug-likeness (QED) is 0.262. The van der Waals surface area contributed by atoms with E-state index < -0.39 is 68.5 Å². The zero-order valence-corrected chi connectivity index (χ0v) is 11.7. The molecule has 0 aromatic rings. The molecule has 0 bridgehead atoms. The van der Waals surface area contributed by atoms with Crippen LogP contribution in [0.15, 0.2) is 0 Å². The van der Waals surface area contributed by atoms with Gasteiger partial charge in [-0.05, 0) is 0 Å². The van der Waals surface area contributed by atoms with E-state index in [1.54, 1.807) is 0 Å². The van der Waals surface area contributed by atoms with Crippen LogP contribution in [0.2, 0.25) is 0 Å². The Labute approximate surface area is 126 Å². The van der Waals surface area contributed by atoms with Gasteiger partial charge in [-0.3, -0.25) is 0 Å². The van der Waals surface area contributed by atoms with Crippen LogP contribution in [0.3, 0.4) is 0 Å². The van der Waals surface area contributed by atoms with Gasteiger partial charge in [0.25, 0.3) is 0 Å². The first-order valence-electron chi connectivity index (χ1n) is 6.93. The first kappa shape index (κ1) is 17.9. The van der Waals surface area contributed by atoms with Crippen molar-refractivity contribution in [3.63, 3.8) is 0 Å². The predicted molar refractivity (Wildman–Crippen MR) is 67.3 cm³/mol. The van der Waals surface area contributed by atoms with Crippen molar-refractivity contribution in [2.24, 2.45) is 0 Å². The Morgan fingerprint density at radius 2 is 1.55 bits per heavy atom. The van der Waals surface area contributed by atoms with Gasteiger partial charge < -0.3 is 50.0 Å². The minimum Gasteiger partial charge on any atom is -0.394 e. The van der Waals surface area contributed by atoms with Gasteiger partial charge in [0.1, 0.15) is 30.5 Å². The second-order valence-electron chi connectivity index (χ2n) is 5.49. The fourth-order valence-corrected chi connectivity index (χ4v) is 2.60. The highest BCUT2D eigenvalue weighted by Crippen LogP contribution is 2.35. The molecule has 0 saturated carbocycles. The molecule has 2 rings (SSSR count). The van der Waals surface area contributed by atoms with E-state index in [1.165, 1.54) is 0 Å². The zero-order valence-electron chi connectivity index (χ0n) is 11.7. The number of rotatable bonds is 5. The van der Waals surface area contributed by atoms with Crippen LogP contribution in [0.5, 0.6) is 0 Å². The largest absolute Gasteiger partial charge is 0.394 e. The average molecular weight is 326 g/mol. The Hall–Kier alpha value is -0.400. The van der Waals surface area contributed by atoms with Crippen LogP contribution < -0.4 is 0 Å². The number of aliphatic hydroxyl groups is 7. The molecule has 0 aliphatic carbocycles. The topological polar surface area (TPSA) is 169 Å². The van der Waals surface area contributed by atoms with Crippen molar-refractivity contribution in [3.05, 3.63) is 0 Å². The molecule has 2 heterocycles. The summed E-state index contributed by atoms with van der Waals surface area (Å²) in [6, 6.07) is 0. The molecule has 10 heteroatoms. The minimum atomic E-state index is -1.74. The predicted octanol–water partition coefficient (Wildman–Crippen LogP) is -4.37. The van der Waals surface area contributed by atoms with Crippen molar-refractivity contribution >= 4 is 0 Å². The van der Waals surface area contributed by atoms with E-state index in [-0.39, 0.29) is 6.42 Å². The van der Waals surface area contributed by atoms with Crippen molar-refractivity contribution in [2.45, 2.75) is 55.1 Å². The molecule has 2 fully saturated rings. The lowest BCUT2D eigenvalue weighted by atomic mass is 9.99. The molecule has 130 valence electrons. The van der Waals surface area contributed by atoms with E-state index in [9.17, 15) is 25.5 Å². The van der Waals surface area contributed by atoms with Gasteiger partial charge in [0, 0.05) is 6.42 Å². The maximum atomic E-state index is 9.89. The molecule has 8 atom stereocenters. The third-order valence-corrected chi connectivity index (χ3v) is 3.92. The zero-order chi connectivity index (χ0) is 16.5. The van der Waals surface area contributed by atoms with E-state index in [1.807, 2.05) is 0 Å². The SMILES string of the molecule is OCC1O[C@@](CO)(O[C@@H]2OC(CO)[C@@H](O)[C@@H](O)C2O)CC1O. The monoisotopic (exact) mass is 326 g/mol. The highest BCUT2D eigenvalue weighted by atomic mass is 16.8. The fraction of sp³-hybridized carbons (Fsp3) is 1.00. The van der Waals surface area contributed by atoms with Gasteiger partial charge in [0.2, 0.25) is 0 Å². The van der Waals surface area contributed by atoms with Crippen LogP contribution in [-0.2, 0) is 14.2 Å². The van der Waals surface area contributed by atoms with Crippen LogP contribution in [0.25, 0.3) is 0 Å². The van der Waals surface area contributed by atoms with Crippen LogP contribution in [0, 0.1) is 0 Å². The molecule has 0 aromatic carbocycles.